The number of halogens is 1. The van der Waals surface area contributed by atoms with Crippen molar-refractivity contribution < 1.29 is 0 Å². The molecule has 0 unspecified atom stereocenters. The zero-order valence-corrected chi connectivity index (χ0v) is 37.5. The van der Waals surface area contributed by atoms with Gasteiger partial charge in [0.05, 0.1) is 0 Å². The van der Waals surface area contributed by atoms with Crippen LogP contribution in [0.2, 0.25) is 5.02 Å². The average Bonchev–Trinajstić information content (AvgIpc) is 3.49. The standard InChI is InChI=1S/C36H37ClN2.C11H16.C2H7N.2C2H6/c1-5-9-28-21-35(37)30(20-26(28)6-2)16-14-27-10-7-12-33(24(27)3)34-13-8-11-32(25(34)4)29-15-17-31-23-38-18-19-39-36(31)22-29;1-5-10(6-2)9-11(7-3)8-4;1-2-3;2*1-2/h5-8,10-13,15,17,20-22,38-39H,1-2,9,14,16,18-19,23H2,3-4H3;5-7,9H,1,3,8H2,2,4H3;2-3H2,1H3;2*1-2H3/b;10-6-,11-9+;;;. The molecule has 0 saturated heterocycles. The molecule has 0 atom stereocenters. The first-order chi connectivity index (χ1) is 27.7. The van der Waals surface area contributed by atoms with Crippen LogP contribution in [0.5, 0.6) is 0 Å². The summed E-state index contributed by atoms with van der Waals surface area (Å²) in [6.45, 7) is 37.4. The third kappa shape index (κ3) is 15.3. The predicted octanol–water partition coefficient (Wildman–Crippen LogP) is 14.6. The average molecular weight is 787 g/mol. The molecule has 4 heteroatoms. The van der Waals surface area contributed by atoms with Crippen LogP contribution in [0.3, 0.4) is 0 Å². The Balaban J connectivity index is 0.000000764. The van der Waals surface area contributed by atoms with Crippen LogP contribution in [0.15, 0.2) is 135 Å². The molecule has 1 aliphatic heterocycles. The highest BCUT2D eigenvalue weighted by molar-refractivity contribution is 6.31. The zero-order chi connectivity index (χ0) is 42.8. The predicted molar refractivity (Wildman–Crippen MR) is 260 cm³/mol. The Morgan fingerprint density at radius 1 is 0.772 bits per heavy atom. The first-order valence-corrected chi connectivity index (χ1v) is 21.2. The van der Waals surface area contributed by atoms with Crippen LogP contribution >= 0.6 is 11.6 Å². The molecule has 0 fully saturated rings. The van der Waals surface area contributed by atoms with Crippen molar-refractivity contribution in [3.63, 3.8) is 0 Å². The van der Waals surface area contributed by atoms with Gasteiger partial charge in [-0.3, -0.25) is 0 Å². The number of nitrogens with two attached hydrogens (primary N) is 1. The molecule has 0 aliphatic carbocycles. The van der Waals surface area contributed by atoms with Gasteiger partial charge in [-0.2, -0.15) is 0 Å². The Morgan fingerprint density at radius 3 is 2.00 bits per heavy atom. The van der Waals surface area contributed by atoms with E-state index in [1.165, 1.54) is 61.3 Å². The summed E-state index contributed by atoms with van der Waals surface area (Å²) in [6, 6.07) is 24.4. The molecular formula is C53H72ClN3. The molecule has 4 aromatic rings. The molecule has 0 bridgehead atoms. The van der Waals surface area contributed by atoms with Gasteiger partial charge in [-0.05, 0) is 144 Å². The van der Waals surface area contributed by atoms with E-state index in [1.807, 2.05) is 71.9 Å². The van der Waals surface area contributed by atoms with Gasteiger partial charge >= 0.3 is 0 Å². The highest BCUT2D eigenvalue weighted by Crippen LogP contribution is 2.36. The summed E-state index contributed by atoms with van der Waals surface area (Å²) in [4.78, 5) is 0. The summed E-state index contributed by atoms with van der Waals surface area (Å²) < 4.78 is 0. The maximum absolute atomic E-state index is 6.70. The summed E-state index contributed by atoms with van der Waals surface area (Å²) in [7, 11) is 0. The molecule has 1 heterocycles. The van der Waals surface area contributed by atoms with Crippen LogP contribution in [0.1, 0.15) is 93.8 Å². The second-order valence-corrected chi connectivity index (χ2v) is 13.5. The van der Waals surface area contributed by atoms with E-state index < -0.39 is 0 Å². The number of fused-ring (bicyclic) bond motifs is 1. The van der Waals surface area contributed by atoms with Crippen molar-refractivity contribution >= 4 is 23.4 Å². The third-order valence-electron chi connectivity index (χ3n) is 9.57. The maximum atomic E-state index is 6.70. The number of nitrogens with one attached hydrogen (secondary N) is 2. The molecule has 4 N–H and O–H groups in total. The van der Waals surface area contributed by atoms with Crippen LogP contribution in [0.25, 0.3) is 28.3 Å². The van der Waals surface area contributed by atoms with Crippen molar-refractivity contribution in [2.45, 2.75) is 94.5 Å². The second-order valence-electron chi connectivity index (χ2n) is 13.1. The summed E-state index contributed by atoms with van der Waals surface area (Å²) in [5.74, 6) is 0. The lowest BCUT2D eigenvalue weighted by Gasteiger charge is -2.17. The van der Waals surface area contributed by atoms with E-state index in [0.717, 1.165) is 73.6 Å². The molecule has 5 rings (SSSR count). The Bertz CT molecular complexity index is 1930. The smallest absolute Gasteiger partial charge is 0.0441 e. The molecule has 4 aromatic carbocycles. The van der Waals surface area contributed by atoms with E-state index in [1.54, 1.807) is 0 Å². The summed E-state index contributed by atoms with van der Waals surface area (Å²) in [5.41, 5.74) is 22.4. The van der Waals surface area contributed by atoms with Crippen molar-refractivity contribution in [3.8, 4) is 22.3 Å². The van der Waals surface area contributed by atoms with Gasteiger partial charge < -0.3 is 16.4 Å². The minimum absolute atomic E-state index is 0.750. The topological polar surface area (TPSA) is 50.1 Å². The normalized spacial score (nSPS) is 11.8. The zero-order valence-electron chi connectivity index (χ0n) is 36.8. The second kappa shape index (κ2) is 28.7. The van der Waals surface area contributed by atoms with E-state index in [4.69, 9.17) is 17.3 Å². The fourth-order valence-electron chi connectivity index (χ4n) is 6.50. The van der Waals surface area contributed by atoms with E-state index >= 15 is 0 Å². The monoisotopic (exact) mass is 786 g/mol. The Morgan fingerprint density at radius 2 is 1.40 bits per heavy atom. The molecule has 0 saturated carbocycles. The number of hydrogen-bond donors (Lipinski definition) is 3. The van der Waals surface area contributed by atoms with Gasteiger partial charge in [0.25, 0.3) is 0 Å². The highest BCUT2D eigenvalue weighted by Gasteiger charge is 2.15. The van der Waals surface area contributed by atoms with Gasteiger partial charge in [0.15, 0.2) is 0 Å². The summed E-state index contributed by atoms with van der Waals surface area (Å²) in [5, 5.41) is 7.88. The number of rotatable bonds is 12. The van der Waals surface area contributed by atoms with Crippen LogP contribution in [-0.4, -0.2) is 19.6 Å². The van der Waals surface area contributed by atoms with Crippen molar-refractivity contribution in [1.82, 2.24) is 5.32 Å². The Kier molecular flexibility index (Phi) is 25.3. The third-order valence-corrected chi connectivity index (χ3v) is 9.92. The molecule has 1 aliphatic rings. The first kappa shape index (κ1) is 50.3. The SMILES string of the molecule is C=CC(=C/C)/C=C(\C=C)CC.C=CCc1cc(Cl)c(CCc2cccc(-c3cccc(-c4ccc5c(c4)NCCNC5)c3C)c2C)cc1C=C.CC.CC.CCN. The number of aryl methyl sites for hydroxylation is 2. The lowest BCUT2D eigenvalue weighted by Crippen LogP contribution is -2.16. The van der Waals surface area contributed by atoms with Gasteiger partial charge in [0.2, 0.25) is 0 Å². The van der Waals surface area contributed by atoms with Crippen LogP contribution in [0, 0.1) is 13.8 Å². The van der Waals surface area contributed by atoms with Crippen molar-refractivity contribution in [2.24, 2.45) is 5.73 Å². The first-order valence-electron chi connectivity index (χ1n) is 20.8. The van der Waals surface area contributed by atoms with Gasteiger partial charge in [-0.25, -0.2) is 0 Å². The molecular weight excluding hydrogens is 714 g/mol. The largest absolute Gasteiger partial charge is 0.383 e. The fraction of sp³-hybridized carbons (Fsp3) is 0.321. The van der Waals surface area contributed by atoms with Crippen molar-refractivity contribution in [2.75, 3.05) is 25.0 Å². The molecule has 0 spiro atoms. The maximum Gasteiger partial charge on any atom is 0.0441 e. The lowest BCUT2D eigenvalue weighted by atomic mass is 9.88. The number of allylic oxidation sites excluding steroid dienone is 7. The molecule has 0 amide bonds. The quantitative estimate of drug-likeness (QED) is 0.0990. The lowest BCUT2D eigenvalue weighted by molar-refractivity contribution is 0.725. The summed E-state index contributed by atoms with van der Waals surface area (Å²) in [6.07, 6.45) is 15.3. The highest BCUT2D eigenvalue weighted by atomic mass is 35.5. The van der Waals surface area contributed by atoms with E-state index in [9.17, 15) is 0 Å². The van der Waals surface area contributed by atoms with Gasteiger partial charge in [-0.1, -0.05) is 158 Å². The number of anilines is 1. The van der Waals surface area contributed by atoms with Crippen molar-refractivity contribution in [1.29, 1.82) is 0 Å². The molecule has 3 nitrogen and oxygen atoms in total. The van der Waals surface area contributed by atoms with E-state index in [2.05, 4.69) is 131 Å². The Labute approximate surface area is 353 Å². The molecule has 0 aromatic heterocycles. The van der Waals surface area contributed by atoms with Crippen LogP contribution < -0.4 is 16.4 Å². The van der Waals surface area contributed by atoms with E-state index in [0.29, 0.717) is 0 Å². The van der Waals surface area contributed by atoms with Gasteiger partial charge in [0, 0.05) is 30.3 Å². The van der Waals surface area contributed by atoms with Gasteiger partial charge in [0.1, 0.15) is 0 Å². The fourth-order valence-corrected chi connectivity index (χ4v) is 6.78. The van der Waals surface area contributed by atoms with Gasteiger partial charge in [-0.15, -0.1) is 6.58 Å². The van der Waals surface area contributed by atoms with Crippen LogP contribution in [-0.2, 0) is 25.8 Å². The Hall–Kier alpha value is -4.67. The van der Waals surface area contributed by atoms with Crippen molar-refractivity contribution in [3.05, 3.63) is 179 Å². The molecule has 57 heavy (non-hydrogen) atoms. The number of benzene rings is 4. The van der Waals surface area contributed by atoms with E-state index in [-0.39, 0.29) is 0 Å². The molecule has 306 valence electrons. The van der Waals surface area contributed by atoms with Crippen LogP contribution in [0.4, 0.5) is 5.69 Å². The minimum atomic E-state index is 0.750. The molecule has 0 radical (unpaired) electrons. The number of hydrogen-bond acceptors (Lipinski definition) is 3. The summed E-state index contributed by atoms with van der Waals surface area (Å²) >= 11 is 6.70. The minimum Gasteiger partial charge on any atom is -0.383 e.